The molecule has 37 heavy (non-hydrogen) atoms. The maximum absolute atomic E-state index is 2.50. The molecular formula is C36H27N. The van der Waals surface area contributed by atoms with Crippen molar-refractivity contribution in [3.8, 4) is 5.69 Å². The van der Waals surface area contributed by atoms with Crippen molar-refractivity contribution in [2.45, 2.75) is 25.7 Å². The van der Waals surface area contributed by atoms with E-state index in [1.165, 1.54) is 71.7 Å². The van der Waals surface area contributed by atoms with Crippen molar-refractivity contribution >= 4 is 50.2 Å². The Labute approximate surface area is 217 Å². The van der Waals surface area contributed by atoms with Gasteiger partial charge >= 0.3 is 0 Å². The van der Waals surface area contributed by atoms with Crippen LogP contribution in [-0.4, -0.2) is 4.57 Å². The fourth-order valence-electron chi connectivity index (χ4n) is 6.72. The smallest absolute Gasteiger partial charge is 0.0537 e. The van der Waals surface area contributed by atoms with Gasteiger partial charge in [0.1, 0.15) is 0 Å². The third-order valence-corrected chi connectivity index (χ3v) is 8.37. The van der Waals surface area contributed by atoms with Gasteiger partial charge in [-0.05, 0) is 87.7 Å². The van der Waals surface area contributed by atoms with Crippen LogP contribution in [0.5, 0.6) is 0 Å². The first-order valence-corrected chi connectivity index (χ1v) is 13.4. The molecule has 0 N–H and O–H groups in total. The molecule has 8 rings (SSSR count). The van der Waals surface area contributed by atoms with Crippen LogP contribution in [0, 0.1) is 0 Å². The van der Waals surface area contributed by atoms with Gasteiger partial charge in [0.15, 0.2) is 0 Å². The summed E-state index contributed by atoms with van der Waals surface area (Å²) in [4.78, 5) is 0. The lowest BCUT2D eigenvalue weighted by Gasteiger charge is -2.22. The second-order valence-electron chi connectivity index (χ2n) is 10.4. The van der Waals surface area contributed by atoms with Crippen LogP contribution in [0.1, 0.15) is 40.8 Å². The Morgan fingerprint density at radius 1 is 0.568 bits per heavy atom. The predicted molar refractivity (Wildman–Crippen MR) is 158 cm³/mol. The van der Waals surface area contributed by atoms with E-state index in [1.54, 1.807) is 0 Å². The molecular weight excluding hydrogens is 446 g/mol. The highest BCUT2D eigenvalue weighted by Crippen LogP contribution is 2.41. The van der Waals surface area contributed by atoms with E-state index in [0.29, 0.717) is 0 Å². The molecule has 0 saturated heterocycles. The summed E-state index contributed by atoms with van der Waals surface area (Å²) in [5.74, 6) is 0. The highest BCUT2D eigenvalue weighted by molar-refractivity contribution is 6.14. The molecule has 0 spiro atoms. The average Bonchev–Trinajstić information content (AvgIpc) is 3.32. The Hall–Kier alpha value is -4.36. The van der Waals surface area contributed by atoms with Crippen LogP contribution < -0.4 is 0 Å². The molecule has 0 aliphatic heterocycles. The summed E-state index contributed by atoms with van der Waals surface area (Å²) >= 11 is 0. The van der Waals surface area contributed by atoms with Crippen molar-refractivity contribution < 1.29 is 0 Å². The van der Waals surface area contributed by atoms with E-state index in [4.69, 9.17) is 0 Å². The zero-order chi connectivity index (χ0) is 24.3. The summed E-state index contributed by atoms with van der Waals surface area (Å²) in [6, 6.07) is 35.9. The standard InChI is InChI=1S/C36H27N/c1-2-14-29-27(12-1)28-13-3-4-15-30(28)34-23-25(20-21-31(29)34)24-10-9-11-26(22-24)37-35-18-7-5-16-32(35)33-17-6-8-19-36(33)37/h1-7,9-18,22-23H,8,19-21H2. The Bertz CT molecular complexity index is 1930. The first-order chi connectivity index (χ1) is 18.4. The zero-order valence-electron chi connectivity index (χ0n) is 20.7. The largest absolute Gasteiger partial charge is 0.313 e. The second-order valence-corrected chi connectivity index (χ2v) is 10.4. The van der Waals surface area contributed by atoms with Crippen LogP contribution in [0.3, 0.4) is 0 Å². The summed E-state index contributed by atoms with van der Waals surface area (Å²) in [6.45, 7) is 0. The van der Waals surface area contributed by atoms with E-state index in [-0.39, 0.29) is 0 Å². The number of allylic oxidation sites excluding steroid dienone is 2. The number of fused-ring (bicyclic) bond motifs is 9. The summed E-state index contributed by atoms with van der Waals surface area (Å²) in [5, 5.41) is 6.83. The van der Waals surface area contributed by atoms with E-state index >= 15 is 0 Å². The van der Waals surface area contributed by atoms with Crippen LogP contribution in [0.15, 0.2) is 103 Å². The number of rotatable bonds is 2. The SMILES string of the molecule is C1=Cc2c(n(-c3cccc(C4=Cc5c(c6ccccc6c6ccccc56)CC4)c3)c3ccccc23)CC1. The lowest BCUT2D eigenvalue weighted by atomic mass is 9.82. The summed E-state index contributed by atoms with van der Waals surface area (Å²) in [5.41, 5.74) is 11.0. The molecule has 0 atom stereocenters. The molecule has 1 heterocycles. The Balaban J connectivity index is 1.32. The molecule has 1 nitrogen and oxygen atoms in total. The minimum atomic E-state index is 1.06. The number of aromatic nitrogens is 1. The topological polar surface area (TPSA) is 4.93 Å². The Morgan fingerprint density at radius 3 is 2.16 bits per heavy atom. The van der Waals surface area contributed by atoms with Crippen LogP contribution in [-0.2, 0) is 12.8 Å². The summed E-state index contributed by atoms with van der Waals surface area (Å²) < 4.78 is 2.50. The molecule has 176 valence electrons. The van der Waals surface area contributed by atoms with Gasteiger partial charge in [-0.3, -0.25) is 0 Å². The molecule has 1 heteroatoms. The number of benzene rings is 5. The van der Waals surface area contributed by atoms with Crippen molar-refractivity contribution in [2.24, 2.45) is 0 Å². The molecule has 0 amide bonds. The number of para-hydroxylation sites is 1. The second kappa shape index (κ2) is 8.08. The molecule has 0 radical (unpaired) electrons. The van der Waals surface area contributed by atoms with E-state index in [2.05, 4.69) is 120 Å². The fraction of sp³-hybridized carbons (Fsp3) is 0.111. The van der Waals surface area contributed by atoms with E-state index < -0.39 is 0 Å². The van der Waals surface area contributed by atoms with Crippen molar-refractivity contribution in [2.75, 3.05) is 0 Å². The van der Waals surface area contributed by atoms with Crippen molar-refractivity contribution in [1.82, 2.24) is 4.57 Å². The van der Waals surface area contributed by atoms with E-state index in [9.17, 15) is 0 Å². The zero-order valence-corrected chi connectivity index (χ0v) is 20.7. The normalized spacial score (nSPS) is 14.6. The highest BCUT2D eigenvalue weighted by Gasteiger charge is 2.21. The molecule has 5 aromatic carbocycles. The molecule has 0 bridgehead atoms. The predicted octanol–water partition coefficient (Wildman–Crippen LogP) is 9.38. The van der Waals surface area contributed by atoms with Crippen LogP contribution in [0.2, 0.25) is 0 Å². The van der Waals surface area contributed by atoms with E-state index in [1.807, 2.05) is 0 Å². The highest BCUT2D eigenvalue weighted by atomic mass is 15.0. The van der Waals surface area contributed by atoms with Gasteiger partial charge < -0.3 is 4.57 Å². The average molecular weight is 474 g/mol. The molecule has 2 aliphatic rings. The third kappa shape index (κ3) is 3.10. The van der Waals surface area contributed by atoms with Crippen LogP contribution >= 0.6 is 0 Å². The molecule has 0 unspecified atom stereocenters. The lowest BCUT2D eigenvalue weighted by molar-refractivity contribution is 0.888. The molecule has 2 aliphatic carbocycles. The molecule has 6 aromatic rings. The van der Waals surface area contributed by atoms with Crippen molar-refractivity contribution in [3.63, 3.8) is 0 Å². The van der Waals surface area contributed by atoms with Gasteiger partial charge in [-0.15, -0.1) is 0 Å². The molecule has 0 fully saturated rings. The maximum Gasteiger partial charge on any atom is 0.0537 e. The van der Waals surface area contributed by atoms with Gasteiger partial charge in [0, 0.05) is 22.3 Å². The minimum Gasteiger partial charge on any atom is -0.313 e. The van der Waals surface area contributed by atoms with Gasteiger partial charge in [-0.1, -0.05) is 97.1 Å². The quantitative estimate of drug-likeness (QED) is 0.221. The van der Waals surface area contributed by atoms with Gasteiger partial charge in [-0.2, -0.15) is 0 Å². The van der Waals surface area contributed by atoms with Gasteiger partial charge in [0.25, 0.3) is 0 Å². The Morgan fingerprint density at radius 2 is 1.30 bits per heavy atom. The first kappa shape index (κ1) is 20.8. The van der Waals surface area contributed by atoms with Crippen LogP contribution in [0.4, 0.5) is 0 Å². The fourth-order valence-corrected chi connectivity index (χ4v) is 6.72. The maximum atomic E-state index is 2.50. The monoisotopic (exact) mass is 473 g/mol. The Kier molecular flexibility index (Phi) is 4.54. The van der Waals surface area contributed by atoms with Gasteiger partial charge in [0.2, 0.25) is 0 Å². The van der Waals surface area contributed by atoms with Crippen LogP contribution in [0.25, 0.3) is 55.9 Å². The first-order valence-electron chi connectivity index (χ1n) is 13.4. The third-order valence-electron chi connectivity index (χ3n) is 8.37. The summed E-state index contributed by atoms with van der Waals surface area (Å²) in [7, 11) is 0. The van der Waals surface area contributed by atoms with Gasteiger partial charge in [0.05, 0.1) is 5.52 Å². The van der Waals surface area contributed by atoms with Crippen molar-refractivity contribution in [3.05, 3.63) is 131 Å². The van der Waals surface area contributed by atoms with Gasteiger partial charge in [-0.25, -0.2) is 0 Å². The lowest BCUT2D eigenvalue weighted by Crippen LogP contribution is -2.04. The molecule has 0 saturated carbocycles. The van der Waals surface area contributed by atoms with Crippen molar-refractivity contribution in [1.29, 1.82) is 0 Å². The number of nitrogens with zero attached hydrogens (tertiary/aromatic N) is 1. The number of hydrogen-bond donors (Lipinski definition) is 0. The van der Waals surface area contributed by atoms with E-state index in [0.717, 1.165) is 25.7 Å². The summed E-state index contributed by atoms with van der Waals surface area (Å²) in [6.07, 6.45) is 11.4. The minimum absolute atomic E-state index is 1.06. The number of hydrogen-bond acceptors (Lipinski definition) is 0. The molecule has 1 aromatic heterocycles. The number of aryl methyl sites for hydroxylation is 1.